The molecule has 0 saturated heterocycles. The number of hydrogen-bond donors (Lipinski definition) is 2. The molecule has 0 aliphatic rings. The molecule has 0 heterocycles. The molecule has 0 fully saturated rings. The lowest BCUT2D eigenvalue weighted by molar-refractivity contribution is -0.870. The van der Waals surface area contributed by atoms with Gasteiger partial charge in [0.15, 0.2) is 0 Å². The number of rotatable bonds is 58. The summed E-state index contributed by atoms with van der Waals surface area (Å²) in [6, 6.07) is -0.912. The van der Waals surface area contributed by atoms with Gasteiger partial charge in [-0.2, -0.15) is 0 Å². The molecule has 430 valence electrons. The van der Waals surface area contributed by atoms with Crippen molar-refractivity contribution in [2.24, 2.45) is 0 Å². The summed E-state index contributed by atoms with van der Waals surface area (Å²) < 4.78 is 23.4. The number of aliphatic hydroxyl groups is 1. The van der Waals surface area contributed by atoms with Crippen molar-refractivity contribution in [2.75, 3.05) is 40.9 Å². The van der Waals surface area contributed by atoms with Crippen molar-refractivity contribution in [3.8, 4) is 0 Å². The molecule has 3 unspecified atom stereocenters. The molecule has 0 saturated carbocycles. The van der Waals surface area contributed by atoms with Crippen LogP contribution in [0.4, 0.5) is 0 Å². The number of carbonyl (C=O) groups excluding carboxylic acids is 1. The Labute approximate surface area is 454 Å². The van der Waals surface area contributed by atoms with Crippen LogP contribution in [0.25, 0.3) is 0 Å². The molecule has 9 heteroatoms. The van der Waals surface area contributed by atoms with Crippen LogP contribution in [0.15, 0.2) is 48.6 Å². The van der Waals surface area contributed by atoms with Gasteiger partial charge in [0, 0.05) is 6.42 Å². The molecular formula is C64H123N2O6P. The lowest BCUT2D eigenvalue weighted by atomic mass is 10.0. The molecule has 0 aliphatic carbocycles. The van der Waals surface area contributed by atoms with Crippen LogP contribution in [-0.4, -0.2) is 68.5 Å². The second kappa shape index (κ2) is 55.2. The van der Waals surface area contributed by atoms with Crippen LogP contribution >= 0.6 is 7.82 Å². The summed E-state index contributed by atoms with van der Waals surface area (Å²) in [6.45, 7) is 4.66. The Balaban J connectivity index is 4.21. The molecule has 0 aromatic rings. The predicted octanol–water partition coefficient (Wildman–Crippen LogP) is 18.9. The fourth-order valence-electron chi connectivity index (χ4n) is 9.30. The third-order valence-corrected chi connectivity index (χ3v) is 15.2. The van der Waals surface area contributed by atoms with Gasteiger partial charge in [0.25, 0.3) is 7.82 Å². The van der Waals surface area contributed by atoms with Crippen LogP contribution < -0.4 is 10.2 Å². The summed E-state index contributed by atoms with van der Waals surface area (Å²) in [4.78, 5) is 25.5. The van der Waals surface area contributed by atoms with Gasteiger partial charge < -0.3 is 28.8 Å². The van der Waals surface area contributed by atoms with Gasteiger partial charge >= 0.3 is 0 Å². The Bertz CT molecular complexity index is 1330. The number of hydrogen-bond acceptors (Lipinski definition) is 6. The number of likely N-dealkylation sites (N-methyl/N-ethyl adjacent to an activating group) is 1. The van der Waals surface area contributed by atoms with Gasteiger partial charge in [-0.05, 0) is 70.6 Å². The fourth-order valence-corrected chi connectivity index (χ4v) is 10.0. The molecule has 0 aromatic carbocycles. The van der Waals surface area contributed by atoms with Gasteiger partial charge in [-0.1, -0.05) is 274 Å². The van der Waals surface area contributed by atoms with Gasteiger partial charge in [-0.3, -0.25) is 9.36 Å². The highest BCUT2D eigenvalue weighted by Gasteiger charge is 2.23. The van der Waals surface area contributed by atoms with Gasteiger partial charge in [-0.15, -0.1) is 0 Å². The fraction of sp³-hybridized carbons (Fsp3) is 0.859. The maximum atomic E-state index is 13.0. The maximum Gasteiger partial charge on any atom is 0.268 e. The van der Waals surface area contributed by atoms with Crippen LogP contribution in [0.5, 0.6) is 0 Å². The summed E-state index contributed by atoms with van der Waals surface area (Å²) in [5.74, 6) is -0.209. The van der Waals surface area contributed by atoms with E-state index in [9.17, 15) is 19.4 Å². The zero-order valence-corrected chi connectivity index (χ0v) is 50.0. The van der Waals surface area contributed by atoms with E-state index >= 15 is 0 Å². The van der Waals surface area contributed by atoms with Gasteiger partial charge in [0.2, 0.25) is 5.91 Å². The van der Waals surface area contributed by atoms with Crippen molar-refractivity contribution >= 4 is 13.7 Å². The van der Waals surface area contributed by atoms with Crippen molar-refractivity contribution in [1.82, 2.24) is 5.32 Å². The highest BCUT2D eigenvalue weighted by Crippen LogP contribution is 2.38. The molecule has 3 atom stereocenters. The molecule has 8 nitrogen and oxygen atoms in total. The Morgan fingerprint density at radius 1 is 0.466 bits per heavy atom. The first-order valence-corrected chi connectivity index (χ1v) is 33.0. The zero-order valence-electron chi connectivity index (χ0n) is 49.1. The highest BCUT2D eigenvalue weighted by molar-refractivity contribution is 7.45. The first-order valence-electron chi connectivity index (χ1n) is 31.5. The van der Waals surface area contributed by atoms with Crippen LogP contribution in [0.1, 0.15) is 303 Å². The molecule has 0 spiro atoms. The summed E-state index contributed by atoms with van der Waals surface area (Å²) in [5, 5.41) is 13.9. The van der Waals surface area contributed by atoms with Crippen molar-refractivity contribution in [3.05, 3.63) is 48.6 Å². The number of unbranched alkanes of at least 4 members (excludes halogenated alkanes) is 39. The number of phosphoric ester groups is 1. The van der Waals surface area contributed by atoms with Crippen LogP contribution in [0.3, 0.4) is 0 Å². The quantitative estimate of drug-likeness (QED) is 0.0272. The Kier molecular flexibility index (Phi) is 54.1. The summed E-state index contributed by atoms with van der Waals surface area (Å²) in [5.41, 5.74) is 0. The summed E-state index contributed by atoms with van der Waals surface area (Å²) in [7, 11) is 1.24. The number of aliphatic hydroxyl groups excluding tert-OH is 1. The standard InChI is InChI=1S/C64H123N2O6P/c1-6-8-10-12-14-16-18-20-22-24-26-28-30-31-32-33-34-36-37-39-41-43-45-47-49-51-53-55-57-63(67)62(61-72-73(69,70)71-60-59-66(3,4)5)65-64(68)58-56-54-52-50-48-46-44-42-40-38-35-29-27-25-23-21-19-17-15-13-11-9-7-2/h25,27,39,41,47,49,55,57,62-63,67H,6-24,26,28-38,40,42-46,48,50-54,56,58-61H2,1-5H3,(H-,65,68,69,70)/b27-25-,41-39+,49-47+,57-55+. The van der Waals surface area contributed by atoms with Crippen molar-refractivity contribution in [3.63, 3.8) is 0 Å². The van der Waals surface area contributed by atoms with E-state index < -0.39 is 26.6 Å². The number of amides is 1. The third-order valence-electron chi connectivity index (χ3n) is 14.2. The minimum absolute atomic E-state index is 0.00919. The monoisotopic (exact) mass is 1050 g/mol. The van der Waals surface area contributed by atoms with Gasteiger partial charge in [0.05, 0.1) is 39.9 Å². The van der Waals surface area contributed by atoms with Gasteiger partial charge in [-0.25, -0.2) is 0 Å². The Hall–Kier alpha value is -1.54. The SMILES string of the molecule is CCCCCCCCCC/C=C\CCCCCCCCCCCCCC(=O)NC(COP(=O)([O-])OCC[N+](C)(C)C)C(O)/C=C/CC/C=C/CC/C=C/CCCCCCCCCCCCCCCCCCCC. The molecule has 0 aliphatic heterocycles. The van der Waals surface area contributed by atoms with E-state index in [-0.39, 0.29) is 12.5 Å². The Morgan fingerprint density at radius 3 is 1.11 bits per heavy atom. The van der Waals surface area contributed by atoms with Crippen molar-refractivity contribution in [1.29, 1.82) is 0 Å². The van der Waals surface area contributed by atoms with Crippen LogP contribution in [-0.2, 0) is 18.4 Å². The average molecular weight is 1050 g/mol. The highest BCUT2D eigenvalue weighted by atomic mass is 31.2. The molecule has 73 heavy (non-hydrogen) atoms. The topological polar surface area (TPSA) is 108 Å². The molecule has 0 radical (unpaired) electrons. The largest absolute Gasteiger partial charge is 0.756 e. The van der Waals surface area contributed by atoms with Crippen LogP contribution in [0.2, 0.25) is 0 Å². The molecule has 1 amide bonds. The smallest absolute Gasteiger partial charge is 0.268 e. The number of quaternary nitrogens is 1. The van der Waals surface area contributed by atoms with E-state index in [1.165, 1.54) is 238 Å². The van der Waals surface area contributed by atoms with E-state index in [0.29, 0.717) is 17.4 Å². The molecule has 2 N–H and O–H groups in total. The number of nitrogens with one attached hydrogen (secondary N) is 1. The predicted molar refractivity (Wildman–Crippen MR) is 316 cm³/mol. The minimum atomic E-state index is -4.61. The zero-order chi connectivity index (χ0) is 53.5. The lowest BCUT2D eigenvalue weighted by Crippen LogP contribution is -2.45. The minimum Gasteiger partial charge on any atom is -0.756 e. The van der Waals surface area contributed by atoms with Crippen molar-refractivity contribution < 1.29 is 32.9 Å². The van der Waals surface area contributed by atoms with E-state index in [4.69, 9.17) is 9.05 Å². The Morgan fingerprint density at radius 2 is 0.767 bits per heavy atom. The van der Waals surface area contributed by atoms with Crippen LogP contribution in [0, 0.1) is 0 Å². The van der Waals surface area contributed by atoms with Gasteiger partial charge in [0.1, 0.15) is 13.2 Å². The molecular weight excluding hydrogens is 924 g/mol. The normalized spacial score (nSPS) is 14.1. The number of nitrogens with zero attached hydrogens (tertiary/aromatic N) is 1. The molecule has 0 aromatic heterocycles. The number of phosphoric acid groups is 1. The van der Waals surface area contributed by atoms with E-state index in [2.05, 4.69) is 55.6 Å². The van der Waals surface area contributed by atoms with E-state index in [1.807, 2.05) is 27.2 Å². The first-order chi connectivity index (χ1) is 35.5. The maximum absolute atomic E-state index is 13.0. The van der Waals surface area contributed by atoms with E-state index in [1.54, 1.807) is 6.08 Å². The average Bonchev–Trinajstić information content (AvgIpc) is 3.35. The number of carbonyl (C=O) groups is 1. The first kappa shape index (κ1) is 71.5. The van der Waals surface area contributed by atoms with E-state index in [0.717, 1.165) is 44.9 Å². The third kappa shape index (κ3) is 58.0. The summed E-state index contributed by atoms with van der Waals surface area (Å²) >= 11 is 0. The second-order valence-corrected chi connectivity index (χ2v) is 24.2. The summed E-state index contributed by atoms with van der Waals surface area (Å²) in [6.07, 6.45) is 73.6. The number of allylic oxidation sites excluding steroid dienone is 7. The molecule has 0 rings (SSSR count). The lowest BCUT2D eigenvalue weighted by Gasteiger charge is -2.29. The molecule has 0 bridgehead atoms. The second-order valence-electron chi connectivity index (χ2n) is 22.7. The van der Waals surface area contributed by atoms with Crippen molar-refractivity contribution in [2.45, 2.75) is 315 Å².